The Morgan fingerprint density at radius 1 is 1.28 bits per heavy atom. The summed E-state index contributed by atoms with van der Waals surface area (Å²) in [6.45, 7) is 5.70. The maximum atomic E-state index is 12.7. The predicted octanol–water partition coefficient (Wildman–Crippen LogP) is 3.48. The molecular formula is C20H22N2O2S. The summed E-state index contributed by atoms with van der Waals surface area (Å²) in [5.74, 6) is 1.95. The third-order valence-electron chi connectivity index (χ3n) is 4.83. The first-order valence-corrected chi connectivity index (χ1v) is 9.60. The van der Waals surface area contributed by atoms with Gasteiger partial charge in [0.25, 0.3) is 5.91 Å². The number of benzene rings is 1. The van der Waals surface area contributed by atoms with Crippen molar-refractivity contribution in [2.45, 2.75) is 31.1 Å². The van der Waals surface area contributed by atoms with Crippen LogP contribution < -0.4 is 4.74 Å². The number of thioether (sulfide) groups is 1. The third kappa shape index (κ3) is 3.38. The highest BCUT2D eigenvalue weighted by molar-refractivity contribution is 8.01. The number of hydrogen-bond acceptors (Lipinski definition) is 4. The first-order chi connectivity index (χ1) is 12.0. The smallest absolute Gasteiger partial charge is 0.253 e. The van der Waals surface area contributed by atoms with Crippen molar-refractivity contribution in [3.05, 3.63) is 59.4 Å². The second-order valence-electron chi connectivity index (χ2n) is 7.16. The molecule has 0 unspecified atom stereocenters. The van der Waals surface area contributed by atoms with Crippen LogP contribution in [-0.2, 0) is 0 Å². The van der Waals surface area contributed by atoms with Gasteiger partial charge in [-0.2, -0.15) is 0 Å². The van der Waals surface area contributed by atoms with Gasteiger partial charge in [0.1, 0.15) is 11.9 Å². The molecule has 1 spiro atoms. The SMILES string of the molecule is Cc1cc(C)cc(C(=O)N2CC3(C[C@@H](Oc4cccnc4)CS3)C2)c1. The molecule has 3 heterocycles. The Balaban J connectivity index is 1.36. The zero-order valence-corrected chi connectivity index (χ0v) is 15.4. The third-order valence-corrected chi connectivity index (χ3v) is 6.40. The summed E-state index contributed by atoms with van der Waals surface area (Å²) < 4.78 is 6.20. The van der Waals surface area contributed by atoms with Crippen LogP contribution in [-0.4, -0.2) is 45.5 Å². The van der Waals surface area contributed by atoms with Crippen molar-refractivity contribution in [2.75, 3.05) is 18.8 Å². The van der Waals surface area contributed by atoms with E-state index in [9.17, 15) is 4.79 Å². The summed E-state index contributed by atoms with van der Waals surface area (Å²) in [7, 11) is 0. The van der Waals surface area contributed by atoms with E-state index in [2.05, 4.69) is 11.1 Å². The van der Waals surface area contributed by atoms with E-state index < -0.39 is 0 Å². The van der Waals surface area contributed by atoms with Crippen molar-refractivity contribution in [3.63, 3.8) is 0 Å². The maximum absolute atomic E-state index is 12.7. The molecule has 0 saturated carbocycles. The Hall–Kier alpha value is -2.01. The topological polar surface area (TPSA) is 42.4 Å². The molecule has 1 aromatic carbocycles. The van der Waals surface area contributed by atoms with E-state index in [0.717, 1.165) is 47.7 Å². The van der Waals surface area contributed by atoms with Gasteiger partial charge in [-0.3, -0.25) is 9.78 Å². The van der Waals surface area contributed by atoms with Gasteiger partial charge in [-0.05, 0) is 38.1 Å². The van der Waals surface area contributed by atoms with Crippen LogP contribution in [0.1, 0.15) is 27.9 Å². The largest absolute Gasteiger partial charge is 0.488 e. The number of carbonyl (C=O) groups excluding carboxylic acids is 1. The van der Waals surface area contributed by atoms with Crippen LogP contribution in [0.3, 0.4) is 0 Å². The fourth-order valence-corrected chi connectivity index (χ4v) is 5.30. The van der Waals surface area contributed by atoms with Crippen LogP contribution >= 0.6 is 11.8 Å². The summed E-state index contributed by atoms with van der Waals surface area (Å²) >= 11 is 1.94. The van der Waals surface area contributed by atoms with E-state index in [-0.39, 0.29) is 16.8 Å². The van der Waals surface area contributed by atoms with Crippen LogP contribution in [0.5, 0.6) is 5.75 Å². The highest BCUT2D eigenvalue weighted by atomic mass is 32.2. The molecule has 5 heteroatoms. The average molecular weight is 354 g/mol. The van der Waals surface area contributed by atoms with Crippen LogP contribution in [0.4, 0.5) is 0 Å². The molecule has 2 aliphatic heterocycles. The second kappa shape index (κ2) is 6.37. The summed E-state index contributed by atoms with van der Waals surface area (Å²) in [6.07, 6.45) is 4.70. The molecule has 130 valence electrons. The monoisotopic (exact) mass is 354 g/mol. The van der Waals surface area contributed by atoms with Gasteiger partial charge < -0.3 is 9.64 Å². The Bertz CT molecular complexity index is 767. The molecule has 0 N–H and O–H groups in total. The van der Waals surface area contributed by atoms with Crippen molar-refractivity contribution in [1.82, 2.24) is 9.88 Å². The lowest BCUT2D eigenvalue weighted by molar-refractivity contribution is 0.0517. The molecule has 2 aliphatic rings. The molecule has 0 bridgehead atoms. The fraction of sp³-hybridized carbons (Fsp3) is 0.400. The number of pyridine rings is 1. The molecule has 1 atom stereocenters. The van der Waals surface area contributed by atoms with Gasteiger partial charge in [0.15, 0.2) is 0 Å². The van der Waals surface area contributed by atoms with Gasteiger partial charge in [0.2, 0.25) is 0 Å². The normalized spacial score (nSPS) is 21.2. The van der Waals surface area contributed by atoms with Crippen LogP contribution in [0.15, 0.2) is 42.7 Å². The van der Waals surface area contributed by atoms with E-state index in [1.54, 1.807) is 12.4 Å². The Kier molecular flexibility index (Phi) is 4.20. The molecule has 0 radical (unpaired) electrons. The highest BCUT2D eigenvalue weighted by Crippen LogP contribution is 2.46. The Labute approximate surface area is 152 Å². The zero-order valence-electron chi connectivity index (χ0n) is 14.6. The minimum atomic E-state index is 0.148. The lowest BCUT2D eigenvalue weighted by atomic mass is 9.92. The van der Waals surface area contributed by atoms with E-state index in [4.69, 9.17) is 4.74 Å². The minimum absolute atomic E-state index is 0.148. The molecule has 2 fully saturated rings. The highest BCUT2D eigenvalue weighted by Gasteiger charge is 2.51. The van der Waals surface area contributed by atoms with Gasteiger partial charge in [0, 0.05) is 37.0 Å². The fourth-order valence-electron chi connectivity index (χ4n) is 3.78. The second-order valence-corrected chi connectivity index (χ2v) is 8.65. The molecule has 2 aromatic rings. The molecule has 25 heavy (non-hydrogen) atoms. The number of hydrogen-bond donors (Lipinski definition) is 0. The van der Waals surface area contributed by atoms with Gasteiger partial charge in [-0.25, -0.2) is 0 Å². The average Bonchev–Trinajstić information content (AvgIpc) is 2.97. The van der Waals surface area contributed by atoms with Gasteiger partial charge >= 0.3 is 0 Å². The molecule has 1 amide bonds. The number of rotatable bonds is 3. The maximum Gasteiger partial charge on any atom is 0.253 e. The summed E-state index contributed by atoms with van der Waals surface area (Å²) in [5, 5.41) is 0. The van der Waals surface area contributed by atoms with E-state index in [1.807, 2.05) is 54.8 Å². The number of ether oxygens (including phenoxy) is 1. The Morgan fingerprint density at radius 2 is 2.04 bits per heavy atom. The van der Waals surface area contributed by atoms with Gasteiger partial charge in [0.05, 0.1) is 10.9 Å². The molecular weight excluding hydrogens is 332 g/mol. The van der Waals surface area contributed by atoms with Gasteiger partial charge in [-0.15, -0.1) is 11.8 Å². The Morgan fingerprint density at radius 3 is 2.72 bits per heavy atom. The molecule has 0 aliphatic carbocycles. The van der Waals surface area contributed by atoms with Crippen molar-refractivity contribution in [3.8, 4) is 5.75 Å². The van der Waals surface area contributed by atoms with Crippen molar-refractivity contribution >= 4 is 17.7 Å². The number of aromatic nitrogens is 1. The number of aryl methyl sites for hydroxylation is 2. The summed E-state index contributed by atoms with van der Waals surface area (Å²) in [5.41, 5.74) is 3.08. The van der Waals surface area contributed by atoms with E-state index in [1.165, 1.54) is 0 Å². The standard InChI is InChI=1S/C20H22N2O2S/c1-14-6-15(2)8-16(7-14)19(23)22-12-20(13-22)9-18(11-25-20)24-17-4-3-5-21-10-17/h3-8,10,18H,9,11-13H2,1-2H3/t18-/m1/s1. The predicted molar refractivity (Wildman–Crippen MR) is 100 cm³/mol. The van der Waals surface area contributed by atoms with Crippen molar-refractivity contribution in [1.29, 1.82) is 0 Å². The van der Waals surface area contributed by atoms with E-state index >= 15 is 0 Å². The number of carbonyl (C=O) groups is 1. The molecule has 4 rings (SSSR count). The number of amides is 1. The first kappa shape index (κ1) is 16.5. The van der Waals surface area contributed by atoms with Gasteiger partial charge in [-0.1, -0.05) is 17.2 Å². The van der Waals surface area contributed by atoms with Crippen molar-refractivity contribution in [2.24, 2.45) is 0 Å². The van der Waals surface area contributed by atoms with Crippen LogP contribution in [0, 0.1) is 13.8 Å². The molecule has 2 saturated heterocycles. The van der Waals surface area contributed by atoms with E-state index in [0.29, 0.717) is 0 Å². The minimum Gasteiger partial charge on any atom is -0.488 e. The lowest BCUT2D eigenvalue weighted by Gasteiger charge is -2.47. The number of nitrogens with zero attached hydrogens (tertiary/aromatic N) is 2. The molecule has 1 aromatic heterocycles. The zero-order chi connectivity index (χ0) is 17.4. The van der Waals surface area contributed by atoms with Crippen LogP contribution in [0.25, 0.3) is 0 Å². The quantitative estimate of drug-likeness (QED) is 0.846. The summed E-state index contributed by atoms with van der Waals surface area (Å²) in [6, 6.07) is 9.90. The first-order valence-electron chi connectivity index (χ1n) is 8.61. The van der Waals surface area contributed by atoms with Crippen LogP contribution in [0.2, 0.25) is 0 Å². The summed E-state index contributed by atoms with van der Waals surface area (Å²) in [4.78, 5) is 18.8. The lowest BCUT2D eigenvalue weighted by Crippen LogP contribution is -2.60. The molecule has 4 nitrogen and oxygen atoms in total. The number of likely N-dealkylation sites (tertiary alicyclic amines) is 1. The van der Waals surface area contributed by atoms with Crippen molar-refractivity contribution < 1.29 is 9.53 Å².